The zero-order valence-electron chi connectivity index (χ0n) is 14.8. The second-order valence-corrected chi connectivity index (χ2v) is 6.60. The summed E-state index contributed by atoms with van der Waals surface area (Å²) < 4.78 is 1.97. The van der Waals surface area contributed by atoms with Crippen molar-refractivity contribution < 1.29 is 4.84 Å². The fourth-order valence-electron chi connectivity index (χ4n) is 2.65. The lowest BCUT2D eigenvalue weighted by atomic mass is 10.1. The molecule has 1 aromatic heterocycles. The molecule has 3 aromatic rings. The van der Waals surface area contributed by atoms with Crippen LogP contribution in [0.2, 0.25) is 5.02 Å². The van der Waals surface area contributed by atoms with Crippen LogP contribution in [0, 0.1) is 13.8 Å². The van der Waals surface area contributed by atoms with Gasteiger partial charge in [0.1, 0.15) is 6.61 Å². The van der Waals surface area contributed by atoms with Crippen LogP contribution in [-0.2, 0) is 18.0 Å². The molecular formula is C20H21ClN4O. The summed E-state index contributed by atoms with van der Waals surface area (Å²) in [6.07, 6.45) is 0. The first kappa shape index (κ1) is 18.0. The van der Waals surface area contributed by atoms with Crippen LogP contribution in [0.25, 0.3) is 0 Å². The molecule has 26 heavy (non-hydrogen) atoms. The summed E-state index contributed by atoms with van der Waals surface area (Å²) in [5, 5.41) is 9.20. The normalized spacial score (nSPS) is 11.6. The van der Waals surface area contributed by atoms with E-state index < -0.39 is 0 Å². The van der Waals surface area contributed by atoms with Crippen LogP contribution in [0.1, 0.15) is 28.1 Å². The maximum absolute atomic E-state index is 6.06. The molecule has 0 aliphatic heterocycles. The quantitative estimate of drug-likeness (QED) is 0.405. The average Bonchev–Trinajstić information content (AvgIpc) is 2.94. The van der Waals surface area contributed by atoms with Crippen molar-refractivity contribution in [2.24, 2.45) is 10.9 Å². The van der Waals surface area contributed by atoms with Crippen molar-refractivity contribution in [3.05, 3.63) is 87.7 Å². The van der Waals surface area contributed by atoms with Crippen molar-refractivity contribution in [2.45, 2.75) is 27.0 Å². The zero-order chi connectivity index (χ0) is 18.5. The van der Waals surface area contributed by atoms with Gasteiger partial charge in [0.25, 0.3) is 0 Å². The zero-order valence-corrected chi connectivity index (χ0v) is 15.6. The third-order valence-corrected chi connectivity index (χ3v) is 4.22. The van der Waals surface area contributed by atoms with Gasteiger partial charge in [-0.3, -0.25) is 4.68 Å². The molecule has 0 saturated carbocycles. The molecule has 2 N–H and O–H groups in total. The number of aromatic nitrogens is 2. The maximum Gasteiger partial charge on any atom is 0.170 e. The predicted octanol–water partition coefficient (Wildman–Crippen LogP) is 4.04. The summed E-state index contributed by atoms with van der Waals surface area (Å²) in [7, 11) is 0. The Morgan fingerprint density at radius 3 is 2.58 bits per heavy atom. The van der Waals surface area contributed by atoms with E-state index in [1.165, 1.54) is 0 Å². The minimum absolute atomic E-state index is 0.337. The molecule has 0 saturated heterocycles. The van der Waals surface area contributed by atoms with Gasteiger partial charge in [-0.25, -0.2) is 0 Å². The van der Waals surface area contributed by atoms with Crippen LogP contribution >= 0.6 is 11.6 Å². The molecule has 134 valence electrons. The Bertz CT molecular complexity index is 916. The van der Waals surface area contributed by atoms with E-state index in [0.29, 0.717) is 24.0 Å². The largest absolute Gasteiger partial charge is 0.389 e. The monoisotopic (exact) mass is 368 g/mol. The Morgan fingerprint density at radius 2 is 1.88 bits per heavy atom. The summed E-state index contributed by atoms with van der Waals surface area (Å²) in [4.78, 5) is 5.36. The number of amidine groups is 1. The van der Waals surface area contributed by atoms with Crippen molar-refractivity contribution in [2.75, 3.05) is 0 Å². The SMILES string of the molecule is Cc1cc(C)n(Cc2cccc(C(N)=NOCc3ccc(Cl)cc3)c2)n1. The first-order valence-electron chi connectivity index (χ1n) is 8.31. The lowest BCUT2D eigenvalue weighted by molar-refractivity contribution is 0.130. The van der Waals surface area contributed by atoms with Gasteiger partial charge >= 0.3 is 0 Å². The Labute approximate surface area is 158 Å². The Balaban J connectivity index is 1.66. The minimum Gasteiger partial charge on any atom is -0.389 e. The topological polar surface area (TPSA) is 65.4 Å². The smallest absolute Gasteiger partial charge is 0.170 e. The van der Waals surface area contributed by atoms with E-state index in [1.807, 2.05) is 67.1 Å². The van der Waals surface area contributed by atoms with Crippen LogP contribution < -0.4 is 5.73 Å². The number of halogens is 1. The van der Waals surface area contributed by atoms with E-state index in [0.717, 1.165) is 28.1 Å². The predicted molar refractivity (Wildman–Crippen MR) is 104 cm³/mol. The second-order valence-electron chi connectivity index (χ2n) is 6.16. The fraction of sp³-hybridized carbons (Fsp3) is 0.200. The molecule has 0 spiro atoms. The van der Waals surface area contributed by atoms with Crippen molar-refractivity contribution in [3.8, 4) is 0 Å². The molecule has 0 bridgehead atoms. The maximum atomic E-state index is 6.06. The molecule has 0 atom stereocenters. The minimum atomic E-state index is 0.337. The molecule has 1 heterocycles. The van der Waals surface area contributed by atoms with Crippen molar-refractivity contribution >= 4 is 17.4 Å². The van der Waals surface area contributed by atoms with Gasteiger partial charge in [-0.05, 0) is 49.2 Å². The van der Waals surface area contributed by atoms with Gasteiger partial charge in [0, 0.05) is 16.3 Å². The van der Waals surface area contributed by atoms with Crippen LogP contribution in [0.15, 0.2) is 59.8 Å². The van der Waals surface area contributed by atoms with Gasteiger partial charge in [0.05, 0.1) is 12.2 Å². The summed E-state index contributed by atoms with van der Waals surface area (Å²) in [5.41, 5.74) is 11.1. The molecule has 6 heteroatoms. The summed E-state index contributed by atoms with van der Waals surface area (Å²) in [6.45, 7) is 5.06. The van der Waals surface area contributed by atoms with Crippen molar-refractivity contribution in [1.29, 1.82) is 0 Å². The van der Waals surface area contributed by atoms with E-state index in [4.69, 9.17) is 22.2 Å². The average molecular weight is 369 g/mol. The molecule has 0 unspecified atom stereocenters. The van der Waals surface area contributed by atoms with E-state index in [2.05, 4.69) is 16.3 Å². The van der Waals surface area contributed by atoms with Gasteiger partial charge in [-0.1, -0.05) is 47.1 Å². The Kier molecular flexibility index (Phi) is 5.58. The number of oxime groups is 1. The number of rotatable bonds is 6. The summed E-state index contributed by atoms with van der Waals surface area (Å²) >= 11 is 5.87. The summed E-state index contributed by atoms with van der Waals surface area (Å²) in [6, 6.07) is 17.4. The third-order valence-electron chi connectivity index (χ3n) is 3.97. The Hall–Kier alpha value is -2.79. The molecule has 0 amide bonds. The number of nitrogens with two attached hydrogens (primary N) is 1. The fourth-order valence-corrected chi connectivity index (χ4v) is 2.77. The number of hydrogen-bond acceptors (Lipinski definition) is 3. The van der Waals surface area contributed by atoms with E-state index >= 15 is 0 Å². The van der Waals surface area contributed by atoms with Gasteiger partial charge in [-0.2, -0.15) is 5.10 Å². The molecular weight excluding hydrogens is 348 g/mol. The summed E-state index contributed by atoms with van der Waals surface area (Å²) in [5.74, 6) is 0.342. The van der Waals surface area contributed by atoms with E-state index in [9.17, 15) is 0 Å². The standard InChI is InChI=1S/C20H21ClN4O/c1-14-10-15(2)25(23-14)12-17-4-3-5-18(11-17)20(22)24-26-13-16-6-8-19(21)9-7-16/h3-11H,12-13H2,1-2H3,(H2,22,24). The lowest BCUT2D eigenvalue weighted by Gasteiger charge is -2.07. The molecule has 5 nitrogen and oxygen atoms in total. The number of aryl methyl sites for hydroxylation is 2. The number of benzene rings is 2. The first-order valence-corrected chi connectivity index (χ1v) is 8.69. The number of nitrogens with zero attached hydrogens (tertiary/aromatic N) is 3. The Morgan fingerprint density at radius 1 is 1.12 bits per heavy atom. The molecule has 3 rings (SSSR count). The van der Waals surface area contributed by atoms with Gasteiger partial charge < -0.3 is 10.6 Å². The van der Waals surface area contributed by atoms with Crippen molar-refractivity contribution in [3.63, 3.8) is 0 Å². The highest BCUT2D eigenvalue weighted by atomic mass is 35.5. The van der Waals surface area contributed by atoms with E-state index in [1.54, 1.807) is 0 Å². The first-order chi connectivity index (χ1) is 12.5. The highest BCUT2D eigenvalue weighted by Crippen LogP contribution is 2.12. The van der Waals surface area contributed by atoms with E-state index in [-0.39, 0.29) is 0 Å². The van der Waals surface area contributed by atoms with Crippen LogP contribution in [0.5, 0.6) is 0 Å². The highest BCUT2D eigenvalue weighted by Gasteiger charge is 2.05. The highest BCUT2D eigenvalue weighted by molar-refractivity contribution is 6.30. The van der Waals surface area contributed by atoms with Gasteiger partial charge in [0.15, 0.2) is 5.84 Å². The van der Waals surface area contributed by atoms with Crippen LogP contribution in [0.4, 0.5) is 0 Å². The van der Waals surface area contributed by atoms with Crippen molar-refractivity contribution in [1.82, 2.24) is 9.78 Å². The molecule has 0 fully saturated rings. The van der Waals surface area contributed by atoms with Crippen LogP contribution in [0.3, 0.4) is 0 Å². The molecule has 0 aliphatic rings. The second kappa shape index (κ2) is 8.06. The molecule has 0 aliphatic carbocycles. The lowest BCUT2D eigenvalue weighted by Crippen LogP contribution is -2.14. The van der Waals surface area contributed by atoms with Crippen LogP contribution in [-0.4, -0.2) is 15.6 Å². The third kappa shape index (κ3) is 4.64. The molecule has 2 aromatic carbocycles. The number of hydrogen-bond donors (Lipinski definition) is 1. The van der Waals surface area contributed by atoms with Gasteiger partial charge in [0.2, 0.25) is 0 Å². The molecule has 0 radical (unpaired) electrons. The van der Waals surface area contributed by atoms with Gasteiger partial charge in [-0.15, -0.1) is 0 Å².